The van der Waals surface area contributed by atoms with E-state index in [4.69, 9.17) is 5.11 Å². The first-order chi connectivity index (χ1) is 15.3. The number of anilines is 4. The van der Waals surface area contributed by atoms with E-state index in [0.29, 0.717) is 56.0 Å². The van der Waals surface area contributed by atoms with Crippen LogP contribution in [-0.2, 0) is 4.79 Å². The number of carbonyl (C=O) groups excluding carboxylic acids is 1. The molecule has 0 radical (unpaired) electrons. The molecule has 32 heavy (non-hydrogen) atoms. The van der Waals surface area contributed by atoms with E-state index in [-0.39, 0.29) is 12.6 Å². The van der Waals surface area contributed by atoms with Gasteiger partial charge in [0.05, 0.1) is 6.54 Å². The molecule has 1 aliphatic rings. The number of aliphatic carboxylic acids is 1. The second kappa shape index (κ2) is 10.8. The number of aryl methyl sites for hydroxylation is 1. The van der Waals surface area contributed by atoms with Crippen LogP contribution < -0.4 is 20.9 Å². The lowest BCUT2D eigenvalue weighted by atomic mass is 10.2. The van der Waals surface area contributed by atoms with Crippen molar-refractivity contribution in [2.24, 2.45) is 5.92 Å². The molecule has 0 aliphatic carbocycles. The van der Waals surface area contributed by atoms with Crippen LogP contribution in [0.15, 0.2) is 30.3 Å². The maximum Gasteiger partial charge on any atom is 0.319 e. The molecule has 0 bridgehead atoms. The van der Waals surface area contributed by atoms with Crippen LogP contribution in [-0.4, -0.2) is 71.2 Å². The molecule has 2 aromatic rings. The molecule has 3 rings (SSSR count). The number of carboxylic acids is 1. The minimum absolute atomic E-state index is 0.0632. The number of carbonyl (C=O) groups is 2. The van der Waals surface area contributed by atoms with Crippen LogP contribution in [0, 0.1) is 12.8 Å². The Morgan fingerprint density at radius 1 is 1.06 bits per heavy atom. The lowest BCUT2D eigenvalue weighted by molar-refractivity contribution is -0.138. The number of carboxylic acid groups (broad SMARTS) is 1. The fourth-order valence-corrected chi connectivity index (χ4v) is 3.36. The van der Waals surface area contributed by atoms with Crippen LogP contribution in [0.5, 0.6) is 0 Å². The molecule has 10 nitrogen and oxygen atoms in total. The first-order valence-electron chi connectivity index (χ1n) is 10.7. The largest absolute Gasteiger partial charge is 0.480 e. The van der Waals surface area contributed by atoms with E-state index in [0.717, 1.165) is 11.5 Å². The van der Waals surface area contributed by atoms with E-state index < -0.39 is 5.97 Å². The quantitative estimate of drug-likeness (QED) is 0.493. The monoisotopic (exact) mass is 441 g/mol. The third kappa shape index (κ3) is 7.09. The molecule has 4 N–H and O–H groups in total. The van der Waals surface area contributed by atoms with E-state index in [1.54, 1.807) is 0 Å². The molecule has 0 atom stereocenters. The highest BCUT2D eigenvalue weighted by molar-refractivity contribution is 5.89. The molecular formula is C22H31N7O3. The minimum atomic E-state index is -0.805. The highest BCUT2D eigenvalue weighted by Gasteiger charge is 2.20. The van der Waals surface area contributed by atoms with Gasteiger partial charge in [0.15, 0.2) is 0 Å². The summed E-state index contributed by atoms with van der Waals surface area (Å²) >= 11 is 0. The number of piperazine rings is 1. The zero-order valence-electron chi connectivity index (χ0n) is 18.8. The van der Waals surface area contributed by atoms with Crippen molar-refractivity contribution in [3.05, 3.63) is 36.2 Å². The Hall–Kier alpha value is -3.40. The first kappa shape index (κ1) is 23.3. The van der Waals surface area contributed by atoms with Gasteiger partial charge < -0.3 is 26.0 Å². The molecule has 0 spiro atoms. The molecule has 10 heteroatoms. The Morgan fingerprint density at radius 2 is 1.72 bits per heavy atom. The van der Waals surface area contributed by atoms with Gasteiger partial charge in [-0.3, -0.25) is 9.69 Å². The maximum atomic E-state index is 11.9. The van der Waals surface area contributed by atoms with E-state index in [1.165, 1.54) is 0 Å². The number of benzene rings is 1. The Kier molecular flexibility index (Phi) is 7.82. The number of urea groups is 1. The van der Waals surface area contributed by atoms with E-state index >= 15 is 0 Å². The van der Waals surface area contributed by atoms with Crippen LogP contribution >= 0.6 is 0 Å². The Bertz CT molecular complexity index is 926. The predicted octanol–water partition coefficient (Wildman–Crippen LogP) is 2.51. The van der Waals surface area contributed by atoms with Gasteiger partial charge in [-0.15, -0.1) is 0 Å². The topological polar surface area (TPSA) is 123 Å². The molecule has 2 heterocycles. The van der Waals surface area contributed by atoms with Crippen molar-refractivity contribution in [2.45, 2.75) is 20.8 Å². The highest BCUT2D eigenvalue weighted by Crippen LogP contribution is 2.22. The average molecular weight is 442 g/mol. The van der Waals surface area contributed by atoms with Crippen molar-refractivity contribution in [1.82, 2.24) is 20.2 Å². The number of amides is 2. The van der Waals surface area contributed by atoms with Crippen molar-refractivity contribution in [1.29, 1.82) is 0 Å². The number of hydrogen-bond acceptors (Lipinski definition) is 7. The van der Waals surface area contributed by atoms with E-state index in [2.05, 4.69) is 30.8 Å². The first-order valence-corrected chi connectivity index (χ1v) is 10.7. The number of aromatic nitrogens is 2. The Balaban J connectivity index is 1.59. The standard InChI is InChI=1S/C22H31N7O3/c1-15(2)13-23-22(32)27-18-6-4-17(5-7-18)26-19-12-20(25-16(3)24-19)29-10-8-28(9-11-29)14-21(30)31/h4-7,12,15H,8-11,13-14H2,1-3H3,(H,30,31)(H2,23,27,32)(H,24,25,26). The van der Waals surface area contributed by atoms with Crippen molar-refractivity contribution >= 4 is 35.0 Å². The average Bonchev–Trinajstić information content (AvgIpc) is 2.73. The number of rotatable bonds is 8. The third-order valence-electron chi connectivity index (χ3n) is 4.97. The number of nitrogens with zero attached hydrogens (tertiary/aromatic N) is 4. The summed E-state index contributed by atoms with van der Waals surface area (Å²) in [5.41, 5.74) is 1.55. The van der Waals surface area contributed by atoms with Gasteiger partial charge in [-0.1, -0.05) is 13.8 Å². The number of nitrogens with one attached hydrogen (secondary N) is 3. The van der Waals surface area contributed by atoms with Gasteiger partial charge in [0.1, 0.15) is 17.5 Å². The molecule has 1 fully saturated rings. The fourth-order valence-electron chi connectivity index (χ4n) is 3.36. The SMILES string of the molecule is Cc1nc(Nc2ccc(NC(=O)NCC(C)C)cc2)cc(N2CCN(CC(=O)O)CC2)n1. The van der Waals surface area contributed by atoms with Gasteiger partial charge in [-0.2, -0.15) is 0 Å². The van der Waals surface area contributed by atoms with Crippen LogP contribution in [0.4, 0.5) is 27.8 Å². The van der Waals surface area contributed by atoms with Gasteiger partial charge in [0, 0.05) is 50.2 Å². The van der Waals surface area contributed by atoms with Crippen LogP contribution in [0.1, 0.15) is 19.7 Å². The van der Waals surface area contributed by atoms with Crippen LogP contribution in [0.25, 0.3) is 0 Å². The fraction of sp³-hybridized carbons (Fsp3) is 0.455. The van der Waals surface area contributed by atoms with Gasteiger partial charge in [-0.25, -0.2) is 14.8 Å². The zero-order valence-corrected chi connectivity index (χ0v) is 18.8. The van der Waals surface area contributed by atoms with Crippen molar-refractivity contribution in [2.75, 3.05) is 54.8 Å². The summed E-state index contributed by atoms with van der Waals surface area (Å²) in [5.74, 6) is 1.73. The van der Waals surface area contributed by atoms with Gasteiger partial charge in [-0.05, 0) is 37.1 Å². The van der Waals surface area contributed by atoms with Crippen molar-refractivity contribution in [3.8, 4) is 0 Å². The van der Waals surface area contributed by atoms with Gasteiger partial charge in [0.25, 0.3) is 0 Å². The van der Waals surface area contributed by atoms with Crippen LogP contribution in [0.2, 0.25) is 0 Å². The second-order valence-corrected chi connectivity index (χ2v) is 8.25. The summed E-state index contributed by atoms with van der Waals surface area (Å²) in [6.07, 6.45) is 0. The van der Waals surface area contributed by atoms with Crippen molar-refractivity contribution in [3.63, 3.8) is 0 Å². The van der Waals surface area contributed by atoms with Crippen molar-refractivity contribution < 1.29 is 14.7 Å². The second-order valence-electron chi connectivity index (χ2n) is 8.25. The summed E-state index contributed by atoms with van der Waals surface area (Å²) in [4.78, 5) is 35.9. The molecule has 0 unspecified atom stereocenters. The van der Waals surface area contributed by atoms with E-state index in [9.17, 15) is 9.59 Å². The summed E-state index contributed by atoms with van der Waals surface area (Å²) in [7, 11) is 0. The summed E-state index contributed by atoms with van der Waals surface area (Å²) in [6.45, 7) is 9.39. The zero-order chi connectivity index (χ0) is 23.1. The minimum Gasteiger partial charge on any atom is -0.480 e. The molecule has 1 saturated heterocycles. The molecule has 1 aromatic carbocycles. The molecule has 172 valence electrons. The molecule has 2 amide bonds. The molecular weight excluding hydrogens is 410 g/mol. The summed E-state index contributed by atoms with van der Waals surface area (Å²) in [6, 6.07) is 9.08. The molecule has 1 aliphatic heterocycles. The predicted molar refractivity (Wildman–Crippen MR) is 125 cm³/mol. The summed E-state index contributed by atoms with van der Waals surface area (Å²) in [5, 5.41) is 17.9. The van der Waals surface area contributed by atoms with Gasteiger partial charge in [0.2, 0.25) is 0 Å². The van der Waals surface area contributed by atoms with E-state index in [1.807, 2.05) is 56.0 Å². The van der Waals surface area contributed by atoms with Crippen LogP contribution in [0.3, 0.4) is 0 Å². The Morgan fingerprint density at radius 3 is 2.34 bits per heavy atom. The lowest BCUT2D eigenvalue weighted by Crippen LogP contribution is -2.48. The highest BCUT2D eigenvalue weighted by atomic mass is 16.4. The maximum absolute atomic E-state index is 11.9. The Labute approximate surface area is 188 Å². The lowest BCUT2D eigenvalue weighted by Gasteiger charge is -2.34. The normalized spacial score (nSPS) is 14.3. The smallest absolute Gasteiger partial charge is 0.319 e. The van der Waals surface area contributed by atoms with Gasteiger partial charge >= 0.3 is 12.0 Å². The summed E-state index contributed by atoms with van der Waals surface area (Å²) < 4.78 is 0. The molecule has 0 saturated carbocycles. The molecule has 1 aromatic heterocycles. The number of hydrogen-bond donors (Lipinski definition) is 4. The third-order valence-corrected chi connectivity index (χ3v) is 4.97.